The monoisotopic (exact) mass is 250 g/mol. The highest BCUT2D eigenvalue weighted by atomic mass is 16.5. The molecule has 0 aromatic carbocycles. The van der Waals surface area contributed by atoms with E-state index in [9.17, 15) is 4.79 Å². The van der Waals surface area contributed by atoms with E-state index in [0.717, 1.165) is 12.1 Å². The summed E-state index contributed by atoms with van der Waals surface area (Å²) in [4.78, 5) is 13.7. The molecule has 0 radical (unpaired) electrons. The Balaban J connectivity index is 2.33. The number of H-pyrrole nitrogens is 1. The number of amides is 1. The van der Waals surface area contributed by atoms with Crippen LogP contribution in [0.3, 0.4) is 0 Å². The van der Waals surface area contributed by atoms with E-state index in [2.05, 4.69) is 10.2 Å². The number of hydrogen-bond donors (Lipinski definition) is 2. The second-order valence-electron chi connectivity index (χ2n) is 4.96. The van der Waals surface area contributed by atoms with Crippen molar-refractivity contribution < 1.29 is 9.53 Å². The van der Waals surface area contributed by atoms with Gasteiger partial charge >= 0.3 is 0 Å². The largest absolute Gasteiger partial charge is 0.470 e. The molecule has 1 aromatic heterocycles. The first-order chi connectivity index (χ1) is 8.43. The molecule has 98 valence electrons. The summed E-state index contributed by atoms with van der Waals surface area (Å²) in [6.45, 7) is 4.51. The molecule has 1 aliphatic heterocycles. The molecule has 3 N–H and O–H groups in total. The van der Waals surface area contributed by atoms with Crippen molar-refractivity contribution in [2.45, 2.75) is 20.1 Å². The number of nitrogens with zero attached hydrogens (tertiary/aromatic N) is 2. The van der Waals surface area contributed by atoms with E-state index in [1.165, 1.54) is 0 Å². The molecule has 6 nitrogen and oxygen atoms in total. The van der Waals surface area contributed by atoms with Gasteiger partial charge in [-0.05, 0) is 20.9 Å². The molecule has 2 rings (SSSR count). The van der Waals surface area contributed by atoms with Crippen LogP contribution in [-0.4, -0.2) is 40.8 Å². The Morgan fingerprint density at radius 1 is 1.72 bits per heavy atom. The molecule has 0 spiro atoms. The average molecular weight is 250 g/mol. The van der Waals surface area contributed by atoms with Crippen molar-refractivity contribution in [2.75, 3.05) is 13.6 Å². The molecular weight excluding hydrogens is 232 g/mol. The van der Waals surface area contributed by atoms with Gasteiger partial charge in [0.2, 0.25) is 5.91 Å². The van der Waals surface area contributed by atoms with E-state index in [-0.39, 0.29) is 0 Å². The predicted molar refractivity (Wildman–Crippen MR) is 66.7 cm³/mol. The van der Waals surface area contributed by atoms with Crippen molar-refractivity contribution in [1.82, 2.24) is 15.1 Å². The second kappa shape index (κ2) is 4.45. The molecular formula is C12H18N4O2. The fourth-order valence-corrected chi connectivity index (χ4v) is 2.40. The van der Waals surface area contributed by atoms with Gasteiger partial charge < -0.3 is 10.5 Å². The first kappa shape index (κ1) is 12.6. The lowest BCUT2D eigenvalue weighted by molar-refractivity contribution is -0.135. The molecule has 0 fully saturated rings. The summed E-state index contributed by atoms with van der Waals surface area (Å²) in [5.41, 5.74) is 5.78. The second-order valence-corrected chi connectivity index (χ2v) is 4.96. The van der Waals surface area contributed by atoms with Gasteiger partial charge in [0.05, 0.1) is 12.4 Å². The lowest BCUT2D eigenvalue weighted by Gasteiger charge is -2.42. The topological polar surface area (TPSA) is 84.2 Å². The number of hydrogen-bond acceptors (Lipinski definition) is 4. The Bertz CT molecular complexity index is 468. The minimum Gasteiger partial charge on any atom is -0.470 e. The molecule has 1 amide bonds. The maximum Gasteiger partial charge on any atom is 0.232 e. The van der Waals surface area contributed by atoms with Gasteiger partial charge in [-0.25, -0.2) is 0 Å². The Morgan fingerprint density at radius 3 is 3.00 bits per heavy atom. The third-order valence-electron chi connectivity index (χ3n) is 3.21. The number of nitrogens with two attached hydrogens (primary N) is 1. The fourth-order valence-electron chi connectivity index (χ4n) is 2.40. The van der Waals surface area contributed by atoms with Crippen molar-refractivity contribution in [3.63, 3.8) is 0 Å². The number of primary amides is 1. The summed E-state index contributed by atoms with van der Waals surface area (Å²) in [6, 6.07) is 0. The minimum atomic E-state index is -0.853. The third-order valence-corrected chi connectivity index (χ3v) is 3.21. The van der Waals surface area contributed by atoms with Crippen LogP contribution >= 0.6 is 0 Å². The van der Waals surface area contributed by atoms with E-state index >= 15 is 0 Å². The van der Waals surface area contributed by atoms with Crippen LogP contribution in [0.1, 0.15) is 13.8 Å². The summed E-state index contributed by atoms with van der Waals surface area (Å²) in [7, 11) is 1.91. The molecule has 6 heteroatoms. The Labute approximate surface area is 106 Å². The number of rotatable bonds is 3. The normalized spacial score (nSPS) is 28.8. The number of likely N-dealkylation sites (N-methyl/N-ethyl adjacent to an activating group) is 1. The lowest BCUT2D eigenvalue weighted by Crippen LogP contribution is -2.56. The van der Waals surface area contributed by atoms with Crippen LogP contribution in [-0.2, 0) is 4.79 Å². The summed E-state index contributed by atoms with van der Waals surface area (Å²) in [6.07, 6.45) is 4.66. The Morgan fingerprint density at radius 2 is 2.44 bits per heavy atom. The van der Waals surface area contributed by atoms with Crippen molar-refractivity contribution in [3.8, 4) is 5.75 Å². The van der Waals surface area contributed by atoms with E-state index in [0.29, 0.717) is 5.75 Å². The highest BCUT2D eigenvalue weighted by Crippen LogP contribution is 2.33. The average Bonchev–Trinajstić information content (AvgIpc) is 2.75. The first-order valence-corrected chi connectivity index (χ1v) is 5.77. The number of aromatic nitrogens is 2. The maximum atomic E-state index is 11.8. The van der Waals surface area contributed by atoms with E-state index in [1.54, 1.807) is 19.3 Å². The SMILES string of the molecule is CC1=CC(C)(C(N)=O)C(Oc2cn[nH]c2)N(C)C1. The van der Waals surface area contributed by atoms with Crippen molar-refractivity contribution in [1.29, 1.82) is 0 Å². The first-order valence-electron chi connectivity index (χ1n) is 5.77. The summed E-state index contributed by atoms with van der Waals surface area (Å²) in [5, 5.41) is 6.49. The lowest BCUT2D eigenvalue weighted by atomic mass is 9.82. The van der Waals surface area contributed by atoms with Gasteiger partial charge in [0, 0.05) is 6.54 Å². The van der Waals surface area contributed by atoms with Crippen molar-refractivity contribution >= 4 is 5.91 Å². The Kier molecular flexibility index (Phi) is 3.13. The molecule has 2 heterocycles. The van der Waals surface area contributed by atoms with Crippen LogP contribution < -0.4 is 10.5 Å². The third kappa shape index (κ3) is 2.11. The van der Waals surface area contributed by atoms with Crippen LogP contribution in [0.5, 0.6) is 5.75 Å². The zero-order valence-electron chi connectivity index (χ0n) is 10.8. The summed E-state index contributed by atoms with van der Waals surface area (Å²) in [5.74, 6) is 0.189. The van der Waals surface area contributed by atoms with E-state index in [4.69, 9.17) is 10.5 Å². The molecule has 0 saturated carbocycles. The van der Waals surface area contributed by atoms with Gasteiger partial charge in [-0.1, -0.05) is 11.6 Å². The quantitative estimate of drug-likeness (QED) is 0.765. The number of ether oxygens (including phenoxy) is 1. The summed E-state index contributed by atoms with van der Waals surface area (Å²) < 4.78 is 5.82. The molecule has 1 aliphatic rings. The maximum absolute atomic E-state index is 11.8. The van der Waals surface area contributed by atoms with Crippen LogP contribution in [0, 0.1) is 5.41 Å². The van der Waals surface area contributed by atoms with Crippen molar-refractivity contribution in [2.24, 2.45) is 11.1 Å². The molecule has 2 atom stereocenters. The molecule has 2 unspecified atom stereocenters. The number of aromatic amines is 1. The van der Waals surface area contributed by atoms with Gasteiger partial charge in [-0.3, -0.25) is 14.8 Å². The Hall–Kier alpha value is -1.82. The highest BCUT2D eigenvalue weighted by molar-refractivity contribution is 5.83. The number of carbonyl (C=O) groups is 1. The van der Waals surface area contributed by atoms with Crippen molar-refractivity contribution in [3.05, 3.63) is 24.0 Å². The molecule has 0 saturated heterocycles. The van der Waals surface area contributed by atoms with Crippen LogP contribution in [0.25, 0.3) is 0 Å². The zero-order valence-corrected chi connectivity index (χ0v) is 10.8. The van der Waals surface area contributed by atoms with Gasteiger partial charge in [0.25, 0.3) is 0 Å². The molecule has 18 heavy (non-hydrogen) atoms. The fraction of sp³-hybridized carbons (Fsp3) is 0.500. The smallest absolute Gasteiger partial charge is 0.232 e. The predicted octanol–water partition coefficient (Wildman–Crippen LogP) is 0.498. The molecule has 0 bridgehead atoms. The van der Waals surface area contributed by atoms with E-state index < -0.39 is 17.6 Å². The number of carbonyl (C=O) groups excluding carboxylic acids is 1. The van der Waals surface area contributed by atoms with Gasteiger partial charge in [-0.2, -0.15) is 5.10 Å². The minimum absolute atomic E-state index is 0.401. The van der Waals surface area contributed by atoms with Gasteiger partial charge in [0.1, 0.15) is 5.41 Å². The van der Waals surface area contributed by atoms with E-state index in [1.807, 2.05) is 24.9 Å². The zero-order chi connectivity index (χ0) is 13.3. The van der Waals surface area contributed by atoms with Crippen LogP contribution in [0.4, 0.5) is 0 Å². The number of nitrogens with one attached hydrogen (secondary N) is 1. The standard InChI is InChI=1S/C12H18N4O2/c1-8-4-12(2,10(13)17)11(16(3)7-8)18-9-5-14-15-6-9/h4-6,11H,7H2,1-3H3,(H2,13,17)(H,14,15). The van der Waals surface area contributed by atoms with Crippen LogP contribution in [0.15, 0.2) is 24.0 Å². The van der Waals surface area contributed by atoms with Crippen LogP contribution in [0.2, 0.25) is 0 Å². The van der Waals surface area contributed by atoms with Gasteiger partial charge in [0.15, 0.2) is 12.0 Å². The summed E-state index contributed by atoms with van der Waals surface area (Å²) >= 11 is 0. The molecule has 0 aliphatic carbocycles. The highest BCUT2D eigenvalue weighted by Gasteiger charge is 2.45. The molecule has 1 aromatic rings. The van der Waals surface area contributed by atoms with Gasteiger partial charge in [-0.15, -0.1) is 0 Å².